The van der Waals surface area contributed by atoms with Crippen LogP contribution in [0.15, 0.2) is 12.7 Å². The lowest BCUT2D eigenvalue weighted by molar-refractivity contribution is -0.141. The fraction of sp³-hybridized carbons (Fsp3) is 0.810. The average molecular weight is 381 g/mol. The number of nitrogens with one attached hydrogen (secondary N) is 1. The Hall–Kier alpha value is -1.56. The standard InChI is InChI=1S/C12H23N.C9H13NO4/c1-3-7-11(8-4-1)13-12-9-5-2-6-10-12;1-2-6-14-9(13)10-5-3-4-7(10)8(11)12/h11-13H,1-10H2;2,7H,1,3-6H2,(H,11,12)/t;7-/m.0/s1. The van der Waals surface area contributed by atoms with E-state index in [1.165, 1.54) is 75.2 Å². The highest BCUT2D eigenvalue weighted by atomic mass is 16.6. The van der Waals surface area contributed by atoms with Gasteiger partial charge in [0.1, 0.15) is 12.6 Å². The molecule has 2 N–H and O–H groups in total. The number of ether oxygens (including phenoxy) is 1. The van der Waals surface area contributed by atoms with Gasteiger partial charge in [0.15, 0.2) is 0 Å². The molecule has 1 saturated heterocycles. The van der Waals surface area contributed by atoms with E-state index in [4.69, 9.17) is 9.84 Å². The number of carbonyl (C=O) groups excluding carboxylic acids is 1. The van der Waals surface area contributed by atoms with Crippen LogP contribution in [-0.4, -0.2) is 53.3 Å². The van der Waals surface area contributed by atoms with Crippen LogP contribution in [0.25, 0.3) is 0 Å². The molecule has 0 bridgehead atoms. The summed E-state index contributed by atoms with van der Waals surface area (Å²) in [5, 5.41) is 12.6. The summed E-state index contributed by atoms with van der Waals surface area (Å²) in [6, 6.07) is 1.01. The van der Waals surface area contributed by atoms with Crippen LogP contribution >= 0.6 is 0 Å². The summed E-state index contributed by atoms with van der Waals surface area (Å²) in [6.07, 6.45) is 16.6. The van der Waals surface area contributed by atoms with Gasteiger partial charge in [0.2, 0.25) is 0 Å². The quantitative estimate of drug-likeness (QED) is 0.702. The minimum atomic E-state index is -0.974. The molecule has 0 aromatic heterocycles. The molecule has 2 aliphatic carbocycles. The lowest BCUT2D eigenvalue weighted by atomic mass is 9.91. The number of aliphatic carboxylic acids is 1. The molecule has 6 heteroatoms. The summed E-state index contributed by atoms with van der Waals surface area (Å²) < 4.78 is 4.76. The number of carboxylic acid groups (broad SMARTS) is 1. The number of hydrogen-bond donors (Lipinski definition) is 2. The molecule has 1 aliphatic heterocycles. The first-order valence-corrected chi connectivity index (χ1v) is 10.6. The van der Waals surface area contributed by atoms with E-state index in [9.17, 15) is 9.59 Å². The Morgan fingerprint density at radius 3 is 2.00 bits per heavy atom. The highest BCUT2D eigenvalue weighted by molar-refractivity contribution is 5.80. The molecule has 154 valence electrons. The lowest BCUT2D eigenvalue weighted by Gasteiger charge is -2.30. The van der Waals surface area contributed by atoms with E-state index >= 15 is 0 Å². The van der Waals surface area contributed by atoms with Gasteiger partial charge in [0.25, 0.3) is 0 Å². The van der Waals surface area contributed by atoms with E-state index in [0.717, 1.165) is 12.1 Å². The third kappa shape index (κ3) is 7.53. The topological polar surface area (TPSA) is 78.9 Å². The SMILES string of the molecule is C1CCC(NC2CCCCC2)CC1.C=CCOC(=O)N1CCC[C@H]1C(=O)O. The van der Waals surface area contributed by atoms with Gasteiger partial charge >= 0.3 is 12.1 Å². The van der Waals surface area contributed by atoms with Crippen molar-refractivity contribution in [1.82, 2.24) is 10.2 Å². The third-order valence-electron chi connectivity index (χ3n) is 5.78. The molecule has 27 heavy (non-hydrogen) atoms. The Morgan fingerprint density at radius 2 is 1.52 bits per heavy atom. The van der Waals surface area contributed by atoms with E-state index in [0.29, 0.717) is 19.4 Å². The summed E-state index contributed by atoms with van der Waals surface area (Å²) >= 11 is 0. The zero-order valence-electron chi connectivity index (χ0n) is 16.5. The number of carboxylic acids is 1. The molecule has 1 heterocycles. The Morgan fingerprint density at radius 1 is 0.963 bits per heavy atom. The highest BCUT2D eigenvalue weighted by Crippen LogP contribution is 2.22. The summed E-state index contributed by atoms with van der Waals surface area (Å²) in [7, 11) is 0. The molecule has 6 nitrogen and oxygen atoms in total. The lowest BCUT2D eigenvalue weighted by Crippen LogP contribution is -2.40. The summed E-state index contributed by atoms with van der Waals surface area (Å²) in [6.45, 7) is 3.97. The Labute approximate surface area is 163 Å². The van der Waals surface area contributed by atoms with Crippen molar-refractivity contribution in [3.63, 3.8) is 0 Å². The second-order valence-corrected chi connectivity index (χ2v) is 7.89. The zero-order chi connectivity index (χ0) is 19.5. The molecule has 0 aromatic carbocycles. The van der Waals surface area contributed by atoms with Crippen molar-refractivity contribution < 1.29 is 19.4 Å². The predicted molar refractivity (Wildman–Crippen MR) is 106 cm³/mol. The van der Waals surface area contributed by atoms with E-state index in [2.05, 4.69) is 11.9 Å². The van der Waals surface area contributed by atoms with Crippen molar-refractivity contribution in [3.8, 4) is 0 Å². The number of carbonyl (C=O) groups is 2. The first kappa shape index (κ1) is 21.7. The molecule has 1 amide bonds. The zero-order valence-corrected chi connectivity index (χ0v) is 16.5. The number of likely N-dealkylation sites (tertiary alicyclic amines) is 1. The van der Waals surface area contributed by atoms with Crippen LogP contribution in [0.2, 0.25) is 0 Å². The fourth-order valence-electron chi connectivity index (χ4n) is 4.33. The monoisotopic (exact) mass is 380 g/mol. The molecule has 0 unspecified atom stereocenters. The second kappa shape index (κ2) is 12.0. The van der Waals surface area contributed by atoms with Crippen LogP contribution in [0.4, 0.5) is 4.79 Å². The van der Waals surface area contributed by atoms with Gasteiger partial charge in [-0.2, -0.15) is 0 Å². The van der Waals surface area contributed by atoms with Crippen LogP contribution in [-0.2, 0) is 9.53 Å². The smallest absolute Gasteiger partial charge is 0.410 e. The second-order valence-electron chi connectivity index (χ2n) is 7.89. The Balaban J connectivity index is 0.000000194. The average Bonchev–Trinajstić information content (AvgIpc) is 3.19. The fourth-order valence-corrected chi connectivity index (χ4v) is 4.33. The van der Waals surface area contributed by atoms with Crippen LogP contribution in [0, 0.1) is 0 Å². The molecule has 3 fully saturated rings. The maximum absolute atomic E-state index is 11.3. The van der Waals surface area contributed by atoms with Gasteiger partial charge in [-0.25, -0.2) is 9.59 Å². The van der Waals surface area contributed by atoms with Gasteiger partial charge in [-0.05, 0) is 38.5 Å². The minimum absolute atomic E-state index is 0.113. The molecule has 3 aliphatic rings. The van der Waals surface area contributed by atoms with Crippen molar-refractivity contribution >= 4 is 12.1 Å². The first-order valence-electron chi connectivity index (χ1n) is 10.6. The van der Waals surface area contributed by atoms with Crippen molar-refractivity contribution in [2.24, 2.45) is 0 Å². The molecule has 1 atom stereocenters. The molecular weight excluding hydrogens is 344 g/mol. The molecule has 3 rings (SSSR count). The van der Waals surface area contributed by atoms with Crippen LogP contribution in [0.3, 0.4) is 0 Å². The van der Waals surface area contributed by atoms with Crippen LogP contribution in [0.1, 0.15) is 77.0 Å². The van der Waals surface area contributed by atoms with Crippen molar-refractivity contribution in [1.29, 1.82) is 0 Å². The normalized spacial score (nSPS) is 24.0. The Kier molecular flexibility index (Phi) is 9.67. The van der Waals surface area contributed by atoms with Gasteiger partial charge in [-0.1, -0.05) is 51.2 Å². The summed E-state index contributed by atoms with van der Waals surface area (Å²) in [4.78, 5) is 23.3. The van der Waals surface area contributed by atoms with Gasteiger partial charge in [0, 0.05) is 18.6 Å². The van der Waals surface area contributed by atoms with Crippen molar-refractivity contribution in [3.05, 3.63) is 12.7 Å². The predicted octanol–water partition coefficient (Wildman–Crippen LogP) is 4.10. The summed E-state index contributed by atoms with van der Waals surface area (Å²) in [5.41, 5.74) is 0. The largest absolute Gasteiger partial charge is 0.480 e. The molecule has 0 aromatic rings. The van der Waals surface area contributed by atoms with Crippen molar-refractivity contribution in [2.75, 3.05) is 13.2 Å². The van der Waals surface area contributed by atoms with E-state index in [-0.39, 0.29) is 6.61 Å². The van der Waals surface area contributed by atoms with E-state index in [1.807, 2.05) is 0 Å². The first-order chi connectivity index (χ1) is 13.1. The molecule has 0 spiro atoms. The maximum Gasteiger partial charge on any atom is 0.410 e. The number of hydrogen-bond acceptors (Lipinski definition) is 4. The molecular formula is C21H36N2O4. The summed E-state index contributed by atoms with van der Waals surface area (Å²) in [5.74, 6) is -0.974. The van der Waals surface area contributed by atoms with E-state index < -0.39 is 18.1 Å². The van der Waals surface area contributed by atoms with Crippen molar-refractivity contribution in [2.45, 2.75) is 95.2 Å². The van der Waals surface area contributed by atoms with Gasteiger partial charge in [0.05, 0.1) is 0 Å². The highest BCUT2D eigenvalue weighted by Gasteiger charge is 2.34. The van der Waals surface area contributed by atoms with Gasteiger partial charge in [-0.3, -0.25) is 4.90 Å². The number of nitrogens with zero attached hydrogens (tertiary/aromatic N) is 1. The van der Waals surface area contributed by atoms with Gasteiger partial charge in [-0.15, -0.1) is 0 Å². The molecule has 2 saturated carbocycles. The molecule has 0 radical (unpaired) electrons. The van der Waals surface area contributed by atoms with Crippen LogP contribution in [0.5, 0.6) is 0 Å². The maximum atomic E-state index is 11.3. The van der Waals surface area contributed by atoms with Crippen LogP contribution < -0.4 is 5.32 Å². The number of rotatable bonds is 5. The number of amides is 1. The minimum Gasteiger partial charge on any atom is -0.480 e. The van der Waals surface area contributed by atoms with E-state index in [1.54, 1.807) is 0 Å². The van der Waals surface area contributed by atoms with Gasteiger partial charge < -0.3 is 15.2 Å². The Bertz CT molecular complexity index is 455. The third-order valence-corrected chi connectivity index (χ3v) is 5.78.